The zero-order valence-electron chi connectivity index (χ0n) is 29.0. The van der Waals surface area contributed by atoms with Crippen molar-refractivity contribution in [2.45, 2.75) is 46.3 Å². The third-order valence-corrected chi connectivity index (χ3v) is 8.37. The topological polar surface area (TPSA) is 143 Å². The highest BCUT2D eigenvalue weighted by Crippen LogP contribution is 2.51. The average Bonchev–Trinajstić information content (AvgIpc) is 3.65. The first-order chi connectivity index (χ1) is 25.3. The van der Waals surface area contributed by atoms with E-state index in [0.29, 0.717) is 75.6 Å². The molecule has 52 heavy (non-hydrogen) atoms. The highest BCUT2D eigenvalue weighted by molar-refractivity contribution is 6.17. The lowest BCUT2D eigenvalue weighted by molar-refractivity contribution is -0.132. The Hall–Kier alpha value is -5.82. The van der Waals surface area contributed by atoms with Gasteiger partial charge in [-0.25, -0.2) is 14.8 Å². The van der Waals surface area contributed by atoms with Gasteiger partial charge in [0.15, 0.2) is 23.0 Å². The smallest absolute Gasteiger partial charge is 0.410 e. The fraction of sp³-hybridized carbons (Fsp3) is 0.289. The van der Waals surface area contributed by atoms with Gasteiger partial charge < -0.3 is 38.6 Å². The molecule has 5 aromatic rings. The number of fused-ring (bicyclic) bond motifs is 2. The summed E-state index contributed by atoms with van der Waals surface area (Å²) in [6.07, 6.45) is 4.88. The largest absolute Gasteiger partial charge is 0.493 e. The SMILES string of the molecule is COc1cc2ncnc(Nc3c(CN(CCCCCCl)C(=O)OCc4ccccc4)cc(Oc4ccc(C)nc4)c4c3OCO4)c2cc1OC(C)=O. The minimum Gasteiger partial charge on any atom is -0.493 e. The van der Waals surface area contributed by atoms with Crippen LogP contribution in [-0.2, 0) is 22.7 Å². The Labute approximate surface area is 305 Å². The molecule has 1 amide bonds. The molecule has 0 fully saturated rings. The van der Waals surface area contributed by atoms with Crippen LogP contribution in [0.4, 0.5) is 16.3 Å². The maximum atomic E-state index is 13.7. The maximum Gasteiger partial charge on any atom is 0.410 e. The number of carbonyl (C=O) groups excluding carboxylic acids is 2. The van der Waals surface area contributed by atoms with Crippen LogP contribution in [0.5, 0.6) is 34.5 Å². The number of carbonyl (C=O) groups is 2. The molecule has 0 spiro atoms. The molecule has 6 rings (SSSR count). The lowest BCUT2D eigenvalue weighted by Crippen LogP contribution is -2.32. The lowest BCUT2D eigenvalue weighted by atomic mass is 10.1. The van der Waals surface area contributed by atoms with E-state index in [1.54, 1.807) is 29.3 Å². The van der Waals surface area contributed by atoms with Crippen molar-refractivity contribution in [3.63, 3.8) is 0 Å². The first-order valence-electron chi connectivity index (χ1n) is 16.7. The van der Waals surface area contributed by atoms with Crippen LogP contribution in [0.3, 0.4) is 0 Å². The molecule has 0 atom stereocenters. The molecule has 1 aliphatic heterocycles. The number of aryl methyl sites for hydroxylation is 1. The highest BCUT2D eigenvalue weighted by Gasteiger charge is 2.30. The van der Waals surface area contributed by atoms with Gasteiger partial charge in [-0.3, -0.25) is 9.78 Å². The summed E-state index contributed by atoms with van der Waals surface area (Å²) < 4.78 is 35.0. The third kappa shape index (κ3) is 8.72. The zero-order valence-corrected chi connectivity index (χ0v) is 29.8. The van der Waals surface area contributed by atoms with Gasteiger partial charge in [0.2, 0.25) is 12.5 Å². The molecule has 14 heteroatoms. The number of alkyl halides is 1. The number of benzene rings is 3. The molecule has 1 aliphatic rings. The first-order valence-corrected chi connectivity index (χ1v) is 17.2. The summed E-state index contributed by atoms with van der Waals surface area (Å²) in [6, 6.07) is 18.2. The third-order valence-electron chi connectivity index (χ3n) is 8.11. The maximum absolute atomic E-state index is 13.7. The number of aromatic nitrogens is 3. The van der Waals surface area contributed by atoms with E-state index in [-0.39, 0.29) is 25.7 Å². The van der Waals surface area contributed by atoms with Crippen LogP contribution in [0.15, 0.2) is 73.2 Å². The fourth-order valence-electron chi connectivity index (χ4n) is 5.57. The zero-order chi connectivity index (χ0) is 36.5. The molecule has 2 aromatic heterocycles. The number of rotatable bonds is 15. The molecule has 270 valence electrons. The molecule has 0 unspecified atom stereocenters. The normalized spacial score (nSPS) is 11.6. The molecule has 0 saturated carbocycles. The molecule has 0 radical (unpaired) electrons. The van der Waals surface area contributed by atoms with Gasteiger partial charge in [-0.1, -0.05) is 36.8 Å². The van der Waals surface area contributed by atoms with Gasteiger partial charge in [-0.15, -0.1) is 11.6 Å². The fourth-order valence-corrected chi connectivity index (χ4v) is 5.76. The number of anilines is 2. The summed E-state index contributed by atoms with van der Waals surface area (Å²) in [4.78, 5) is 40.6. The second-order valence-electron chi connectivity index (χ2n) is 11.9. The van der Waals surface area contributed by atoms with Gasteiger partial charge in [-0.2, -0.15) is 0 Å². The number of ether oxygens (including phenoxy) is 6. The van der Waals surface area contributed by atoms with E-state index in [1.165, 1.54) is 20.4 Å². The van der Waals surface area contributed by atoms with E-state index >= 15 is 0 Å². The summed E-state index contributed by atoms with van der Waals surface area (Å²) in [6.45, 7) is 3.73. The van der Waals surface area contributed by atoms with E-state index in [0.717, 1.165) is 24.1 Å². The molecule has 3 aromatic carbocycles. The Kier molecular flexibility index (Phi) is 11.7. The van der Waals surface area contributed by atoms with Crippen LogP contribution in [-0.4, -0.2) is 58.2 Å². The monoisotopic (exact) mass is 727 g/mol. The predicted octanol–water partition coefficient (Wildman–Crippen LogP) is 8.08. The van der Waals surface area contributed by atoms with Gasteiger partial charge in [0.1, 0.15) is 24.5 Å². The number of esters is 1. The number of nitrogens with zero attached hydrogens (tertiary/aromatic N) is 4. The number of amides is 1. The number of halogens is 1. The number of methoxy groups -OCH3 is 1. The molecule has 3 heterocycles. The Balaban J connectivity index is 1.42. The Morgan fingerprint density at radius 2 is 1.77 bits per heavy atom. The van der Waals surface area contributed by atoms with Gasteiger partial charge in [0.25, 0.3) is 0 Å². The summed E-state index contributed by atoms with van der Waals surface area (Å²) in [5, 5.41) is 3.94. The summed E-state index contributed by atoms with van der Waals surface area (Å²) >= 11 is 5.96. The van der Waals surface area contributed by atoms with Gasteiger partial charge >= 0.3 is 12.1 Å². The van der Waals surface area contributed by atoms with E-state index in [9.17, 15) is 9.59 Å². The second kappa shape index (κ2) is 16.9. The minimum atomic E-state index is -0.515. The van der Waals surface area contributed by atoms with E-state index in [4.69, 9.17) is 40.0 Å². The standard InChI is InChI=1S/C38H38ClN5O8/c1-24-12-13-28(19-40-24)52-33-16-27(20-44(15-9-5-8-14-39)38(46)48-21-26-10-6-4-7-11-26)34(36-35(33)49-23-50-36)43-37-29-17-32(51-25(2)45)31(47-3)18-30(29)41-22-42-37/h4,6-7,10-13,16-19,22H,5,8-9,14-15,20-21,23H2,1-3H3,(H,41,42,43). The summed E-state index contributed by atoms with van der Waals surface area (Å²) in [7, 11) is 1.48. The lowest BCUT2D eigenvalue weighted by Gasteiger charge is -2.25. The molecule has 0 bridgehead atoms. The van der Waals surface area contributed by atoms with Crippen molar-refractivity contribution in [3.8, 4) is 34.5 Å². The van der Waals surface area contributed by atoms with Crippen molar-refractivity contribution in [1.29, 1.82) is 0 Å². The number of nitrogens with one attached hydrogen (secondary N) is 1. The van der Waals surface area contributed by atoms with Gasteiger partial charge in [-0.05, 0) is 49.6 Å². The quantitative estimate of drug-likeness (QED) is 0.0482. The van der Waals surface area contributed by atoms with Crippen LogP contribution in [0.2, 0.25) is 0 Å². The predicted molar refractivity (Wildman–Crippen MR) is 194 cm³/mol. The van der Waals surface area contributed by atoms with Crippen molar-refractivity contribution in [3.05, 3.63) is 90.0 Å². The second-order valence-corrected chi connectivity index (χ2v) is 12.3. The number of unbranched alkanes of at least 4 members (excludes halogenated alkanes) is 2. The summed E-state index contributed by atoms with van der Waals surface area (Å²) in [5.41, 5.74) is 3.33. The number of hydrogen-bond donors (Lipinski definition) is 1. The van der Waals surface area contributed by atoms with E-state index in [1.807, 2.05) is 49.4 Å². The van der Waals surface area contributed by atoms with Crippen molar-refractivity contribution < 1.29 is 38.0 Å². The van der Waals surface area contributed by atoms with Gasteiger partial charge in [0, 0.05) is 42.1 Å². The average molecular weight is 728 g/mol. The van der Waals surface area contributed by atoms with Crippen LogP contribution >= 0.6 is 11.6 Å². The Morgan fingerprint density at radius 1 is 0.942 bits per heavy atom. The van der Waals surface area contributed by atoms with E-state index in [2.05, 4.69) is 20.3 Å². The van der Waals surface area contributed by atoms with Crippen molar-refractivity contribution in [2.24, 2.45) is 0 Å². The van der Waals surface area contributed by atoms with Crippen molar-refractivity contribution >= 4 is 46.1 Å². The van der Waals surface area contributed by atoms with Crippen LogP contribution in [0, 0.1) is 6.92 Å². The van der Waals surface area contributed by atoms with Crippen molar-refractivity contribution in [2.75, 3.05) is 31.6 Å². The first kappa shape index (κ1) is 36.0. The minimum absolute atomic E-state index is 0.0739. The van der Waals surface area contributed by atoms with Crippen LogP contribution in [0.1, 0.15) is 43.0 Å². The molecular formula is C38H38ClN5O8. The molecule has 13 nitrogen and oxygen atoms in total. The number of hydrogen-bond acceptors (Lipinski definition) is 12. The van der Waals surface area contributed by atoms with Crippen LogP contribution < -0.4 is 29.0 Å². The Bertz CT molecular complexity index is 2030. The van der Waals surface area contributed by atoms with Gasteiger partial charge in [0.05, 0.1) is 31.1 Å². The van der Waals surface area contributed by atoms with Crippen LogP contribution in [0.25, 0.3) is 10.9 Å². The highest BCUT2D eigenvalue weighted by atomic mass is 35.5. The number of pyridine rings is 1. The molecule has 0 saturated heterocycles. The molecule has 0 aliphatic carbocycles. The summed E-state index contributed by atoms with van der Waals surface area (Å²) in [5.74, 6) is 2.48. The van der Waals surface area contributed by atoms with E-state index < -0.39 is 12.1 Å². The molecule has 1 N–H and O–H groups in total. The van der Waals surface area contributed by atoms with Crippen molar-refractivity contribution in [1.82, 2.24) is 19.9 Å². The molecular weight excluding hydrogens is 690 g/mol. The Morgan fingerprint density at radius 3 is 2.52 bits per heavy atom.